The number of ether oxygens (including phenoxy) is 1. The molecule has 1 aromatic carbocycles. The van der Waals surface area contributed by atoms with Crippen molar-refractivity contribution in [2.45, 2.75) is 51.9 Å². The van der Waals surface area contributed by atoms with Crippen LogP contribution in [0.15, 0.2) is 23.1 Å². The lowest BCUT2D eigenvalue weighted by Gasteiger charge is -2.41. The summed E-state index contributed by atoms with van der Waals surface area (Å²) in [5.41, 5.74) is 3.26. The number of phenols is 1. The predicted octanol–water partition coefficient (Wildman–Crippen LogP) is 3.27. The number of piperazine rings is 1. The molecule has 0 aliphatic carbocycles. The van der Waals surface area contributed by atoms with Crippen LogP contribution in [0.2, 0.25) is 5.02 Å². The van der Waals surface area contributed by atoms with Gasteiger partial charge in [0.15, 0.2) is 11.6 Å². The van der Waals surface area contributed by atoms with Crippen molar-refractivity contribution >= 4 is 46.0 Å². The van der Waals surface area contributed by atoms with Gasteiger partial charge in [-0.15, -0.1) is 0 Å². The van der Waals surface area contributed by atoms with Crippen molar-refractivity contribution in [2.75, 3.05) is 43.5 Å². The standard InChI is InChI=1S/C32H34ClF3N8O5/c1-15-11-41(12-16(2)49-3)7-8-43(15)22-10-20(25(33)29(36)39-22)38-23(45)14-42-13-19(17-9-18(30(37)47)28(46)27(35)26(17)34)24-31(42)40-21-5-4-6-44(21)32(24)48/h9-10,13,15-16,46H,4-8,11-12,14H2,1-3H3,(H2,37,47)(H,38,39,45)/t15-,16?/m0/s1. The lowest BCUT2D eigenvalue weighted by Crippen LogP contribution is -2.53. The topological polar surface area (TPSA) is 161 Å². The SMILES string of the molecule is COC(C)CN1CCN(c2cc(NC(=O)Cn3cc(-c4cc(C(N)=O)c(O)c(F)c4F)c4c(=O)n5c(nc43)CCC5)c(Cl)c(F)n2)[C@@H](C)C1. The van der Waals surface area contributed by atoms with Crippen LogP contribution in [0.3, 0.4) is 0 Å². The maximum Gasteiger partial charge on any atom is 0.263 e. The number of methoxy groups -OCH3 is 1. The fourth-order valence-electron chi connectivity index (χ4n) is 6.50. The number of aromatic nitrogens is 4. The number of halogens is 4. The number of hydrogen-bond donors (Lipinski definition) is 3. The molecule has 260 valence electrons. The lowest BCUT2D eigenvalue weighted by molar-refractivity contribution is -0.116. The Hall–Kier alpha value is -4.67. The van der Waals surface area contributed by atoms with Crippen LogP contribution in [0.4, 0.5) is 24.7 Å². The molecule has 1 saturated heterocycles. The van der Waals surface area contributed by atoms with Crippen LogP contribution in [0.5, 0.6) is 5.75 Å². The van der Waals surface area contributed by atoms with E-state index in [2.05, 4.69) is 20.2 Å². The maximum atomic E-state index is 15.3. The van der Waals surface area contributed by atoms with E-state index in [-0.39, 0.29) is 40.2 Å². The molecule has 4 N–H and O–H groups in total. The number of pyridine rings is 1. The first-order valence-corrected chi connectivity index (χ1v) is 16.0. The van der Waals surface area contributed by atoms with Gasteiger partial charge in [0.2, 0.25) is 17.7 Å². The summed E-state index contributed by atoms with van der Waals surface area (Å²) in [6.45, 7) is 6.42. The average molecular weight is 703 g/mol. The van der Waals surface area contributed by atoms with Gasteiger partial charge in [0.1, 0.15) is 28.9 Å². The molecule has 3 aromatic heterocycles. The molecular formula is C32H34ClF3N8O5. The van der Waals surface area contributed by atoms with Gasteiger partial charge in [-0.3, -0.25) is 23.9 Å². The number of primary amides is 1. The van der Waals surface area contributed by atoms with E-state index in [0.717, 1.165) is 12.6 Å². The van der Waals surface area contributed by atoms with Crippen LogP contribution in [0.1, 0.15) is 36.5 Å². The third kappa shape index (κ3) is 6.31. The Morgan fingerprint density at radius 2 is 1.92 bits per heavy atom. The molecule has 1 fully saturated rings. The minimum Gasteiger partial charge on any atom is -0.504 e. The Bertz CT molecular complexity index is 2050. The molecule has 2 amide bonds. The molecule has 4 aromatic rings. The number of aryl methyl sites for hydroxylation is 1. The van der Waals surface area contributed by atoms with E-state index in [1.54, 1.807) is 7.11 Å². The molecule has 6 rings (SSSR count). The Balaban J connectivity index is 1.34. The summed E-state index contributed by atoms with van der Waals surface area (Å²) in [5.74, 6) is -6.74. The summed E-state index contributed by atoms with van der Waals surface area (Å²) in [6.07, 6.45) is 2.36. The summed E-state index contributed by atoms with van der Waals surface area (Å²) in [5, 5.41) is 12.0. The minimum absolute atomic E-state index is 0.000935. The Morgan fingerprint density at radius 1 is 1.16 bits per heavy atom. The third-order valence-corrected chi connectivity index (χ3v) is 9.35. The fourth-order valence-corrected chi connectivity index (χ4v) is 6.64. The minimum atomic E-state index is -1.73. The van der Waals surface area contributed by atoms with Gasteiger partial charge in [0, 0.05) is 75.7 Å². The highest BCUT2D eigenvalue weighted by molar-refractivity contribution is 6.33. The number of rotatable bonds is 9. The molecular weight excluding hydrogens is 669 g/mol. The molecule has 0 saturated carbocycles. The number of amides is 2. The lowest BCUT2D eigenvalue weighted by atomic mass is 10.0. The molecule has 2 atom stereocenters. The Morgan fingerprint density at radius 3 is 2.61 bits per heavy atom. The van der Waals surface area contributed by atoms with Crippen LogP contribution in [-0.4, -0.2) is 86.4 Å². The molecule has 13 nitrogen and oxygen atoms in total. The Labute approximate surface area is 283 Å². The zero-order chi connectivity index (χ0) is 35.3. The van der Waals surface area contributed by atoms with Gasteiger partial charge in [-0.2, -0.15) is 8.78 Å². The summed E-state index contributed by atoms with van der Waals surface area (Å²) < 4.78 is 53.1. The van der Waals surface area contributed by atoms with Crippen LogP contribution in [0, 0.1) is 17.6 Å². The van der Waals surface area contributed by atoms with E-state index in [9.17, 15) is 23.9 Å². The number of fused-ring (bicyclic) bond motifs is 2. The van der Waals surface area contributed by atoms with Crippen molar-refractivity contribution in [3.8, 4) is 16.9 Å². The number of benzene rings is 1. The zero-order valence-electron chi connectivity index (χ0n) is 26.9. The van der Waals surface area contributed by atoms with Gasteiger partial charge >= 0.3 is 0 Å². The second-order valence-corrected chi connectivity index (χ2v) is 12.7. The number of nitrogens with zero attached hydrogens (tertiary/aromatic N) is 6. The fraction of sp³-hybridized carbons (Fsp3) is 0.406. The monoisotopic (exact) mass is 702 g/mol. The highest BCUT2D eigenvalue weighted by Gasteiger charge is 2.30. The second kappa shape index (κ2) is 13.3. The Kier molecular flexibility index (Phi) is 9.30. The third-order valence-electron chi connectivity index (χ3n) is 8.99. The van der Waals surface area contributed by atoms with Gasteiger partial charge in [-0.1, -0.05) is 11.6 Å². The van der Waals surface area contributed by atoms with Crippen molar-refractivity contribution in [1.29, 1.82) is 0 Å². The van der Waals surface area contributed by atoms with E-state index in [1.807, 2.05) is 18.7 Å². The summed E-state index contributed by atoms with van der Waals surface area (Å²) >= 11 is 6.24. The number of nitrogens with one attached hydrogen (secondary N) is 1. The van der Waals surface area contributed by atoms with Crippen molar-refractivity contribution in [2.24, 2.45) is 5.73 Å². The smallest absolute Gasteiger partial charge is 0.263 e. The van der Waals surface area contributed by atoms with Gasteiger partial charge in [-0.05, 0) is 26.3 Å². The van der Waals surface area contributed by atoms with E-state index in [1.165, 1.54) is 21.4 Å². The molecule has 1 unspecified atom stereocenters. The first-order chi connectivity index (χ1) is 23.3. The molecule has 2 aliphatic heterocycles. The van der Waals surface area contributed by atoms with Crippen LogP contribution in [-0.2, 0) is 29.0 Å². The largest absolute Gasteiger partial charge is 0.504 e. The van der Waals surface area contributed by atoms with Gasteiger partial charge in [-0.25, -0.2) is 14.4 Å². The molecule has 2 aliphatic rings. The van der Waals surface area contributed by atoms with Crippen LogP contribution >= 0.6 is 11.6 Å². The summed E-state index contributed by atoms with van der Waals surface area (Å²) in [7, 11) is 1.65. The van der Waals surface area contributed by atoms with Gasteiger partial charge in [0.05, 0.1) is 22.7 Å². The number of anilines is 2. The number of hydrogen-bond acceptors (Lipinski definition) is 9. The molecule has 0 radical (unpaired) electrons. The molecule has 17 heteroatoms. The van der Waals surface area contributed by atoms with Gasteiger partial charge < -0.3 is 30.4 Å². The number of nitrogens with two attached hydrogens (primary N) is 1. The average Bonchev–Trinajstić information content (AvgIpc) is 3.67. The van der Waals surface area contributed by atoms with Crippen molar-refractivity contribution < 1.29 is 32.6 Å². The predicted molar refractivity (Wildman–Crippen MR) is 175 cm³/mol. The highest BCUT2D eigenvalue weighted by Crippen LogP contribution is 2.37. The van der Waals surface area contributed by atoms with E-state index in [4.69, 9.17) is 22.1 Å². The molecule has 0 spiro atoms. The van der Waals surface area contributed by atoms with Crippen molar-refractivity contribution in [3.05, 3.63) is 62.7 Å². The zero-order valence-corrected chi connectivity index (χ0v) is 27.7. The number of carbonyl (C=O) groups excluding carboxylic acids is 2. The summed E-state index contributed by atoms with van der Waals surface area (Å²) in [4.78, 5) is 51.8. The van der Waals surface area contributed by atoms with Gasteiger partial charge in [0.25, 0.3) is 11.5 Å². The second-order valence-electron chi connectivity index (χ2n) is 12.3. The van der Waals surface area contributed by atoms with E-state index < -0.39 is 63.4 Å². The van der Waals surface area contributed by atoms with E-state index >= 15 is 8.78 Å². The van der Waals surface area contributed by atoms with Crippen molar-refractivity contribution in [1.82, 2.24) is 24.0 Å². The highest BCUT2D eigenvalue weighted by atomic mass is 35.5. The van der Waals surface area contributed by atoms with Crippen LogP contribution in [0.25, 0.3) is 22.2 Å². The maximum absolute atomic E-state index is 15.3. The van der Waals surface area contributed by atoms with E-state index in [0.29, 0.717) is 44.8 Å². The molecule has 5 heterocycles. The first-order valence-electron chi connectivity index (χ1n) is 15.6. The molecule has 49 heavy (non-hydrogen) atoms. The van der Waals surface area contributed by atoms with Crippen molar-refractivity contribution in [3.63, 3.8) is 0 Å². The first kappa shape index (κ1) is 34.2. The summed E-state index contributed by atoms with van der Waals surface area (Å²) in [6, 6.07) is 2.27. The number of carbonyl (C=O) groups is 2. The van der Waals surface area contributed by atoms with Crippen LogP contribution < -0.4 is 21.5 Å². The number of aromatic hydroxyl groups is 1. The quantitative estimate of drug-likeness (QED) is 0.223. The normalized spacial score (nSPS) is 17.0. The molecule has 0 bridgehead atoms.